The summed E-state index contributed by atoms with van der Waals surface area (Å²) in [6, 6.07) is 0.407. The molecular formula is C14H25NO2S. The third-order valence-corrected chi connectivity index (χ3v) is 5.94. The van der Waals surface area contributed by atoms with Crippen molar-refractivity contribution in [1.82, 2.24) is 5.32 Å². The first-order valence-corrected chi connectivity index (χ1v) is 9.08. The summed E-state index contributed by atoms with van der Waals surface area (Å²) in [5, 5.41) is 3.48. The second-order valence-electron chi connectivity index (χ2n) is 5.87. The van der Waals surface area contributed by atoms with E-state index in [9.17, 15) is 8.42 Å². The lowest BCUT2D eigenvalue weighted by atomic mass is 9.91. The van der Waals surface area contributed by atoms with E-state index in [1.165, 1.54) is 25.5 Å². The molecular weight excluding hydrogens is 246 g/mol. The van der Waals surface area contributed by atoms with E-state index in [2.05, 4.69) is 17.5 Å². The Hall–Kier alpha value is -0.350. The highest BCUT2D eigenvalue weighted by molar-refractivity contribution is 7.91. The molecule has 18 heavy (non-hydrogen) atoms. The second kappa shape index (κ2) is 6.20. The lowest BCUT2D eigenvalue weighted by Gasteiger charge is -2.30. The van der Waals surface area contributed by atoms with Crippen LogP contribution < -0.4 is 5.32 Å². The summed E-state index contributed by atoms with van der Waals surface area (Å²) >= 11 is 0. The molecule has 3 nitrogen and oxygen atoms in total. The first-order valence-electron chi connectivity index (χ1n) is 7.13. The zero-order chi connectivity index (χ0) is 13.0. The minimum atomic E-state index is -2.85. The lowest BCUT2D eigenvalue weighted by Crippen LogP contribution is -2.40. The van der Waals surface area contributed by atoms with Gasteiger partial charge >= 0.3 is 0 Å². The molecule has 3 unspecified atom stereocenters. The summed E-state index contributed by atoms with van der Waals surface area (Å²) in [7, 11) is -2.85. The molecule has 0 radical (unpaired) electrons. The quantitative estimate of drug-likeness (QED) is 0.798. The fourth-order valence-electron chi connectivity index (χ4n) is 3.09. The maximum absolute atomic E-state index is 11.6. The first-order chi connectivity index (χ1) is 8.55. The van der Waals surface area contributed by atoms with E-state index in [-0.39, 0.29) is 5.25 Å². The molecule has 1 saturated carbocycles. The first kappa shape index (κ1) is 14.1. The summed E-state index contributed by atoms with van der Waals surface area (Å²) in [5.74, 6) is 0.744. The normalized spacial score (nSPS) is 33.5. The summed E-state index contributed by atoms with van der Waals surface area (Å²) in [5.41, 5.74) is 0. The molecule has 2 aliphatic carbocycles. The second-order valence-corrected chi connectivity index (χ2v) is 8.20. The number of rotatable bonds is 4. The van der Waals surface area contributed by atoms with Crippen LogP contribution in [0.2, 0.25) is 0 Å². The van der Waals surface area contributed by atoms with Crippen LogP contribution in [0.5, 0.6) is 0 Å². The molecule has 2 aliphatic rings. The van der Waals surface area contributed by atoms with Gasteiger partial charge in [-0.3, -0.25) is 0 Å². The zero-order valence-corrected chi connectivity index (χ0v) is 12.1. The van der Waals surface area contributed by atoms with E-state index >= 15 is 0 Å². The Morgan fingerprint density at radius 2 is 2.06 bits per heavy atom. The fourth-order valence-corrected chi connectivity index (χ4v) is 4.27. The molecule has 0 aromatic heterocycles. The number of hydrogen-bond donors (Lipinski definition) is 1. The summed E-state index contributed by atoms with van der Waals surface area (Å²) in [6.07, 6.45) is 13.4. The van der Waals surface area contributed by atoms with Crippen molar-refractivity contribution in [2.45, 2.75) is 56.2 Å². The molecule has 1 N–H and O–H groups in total. The fraction of sp³-hybridized carbons (Fsp3) is 0.857. The summed E-state index contributed by atoms with van der Waals surface area (Å²) in [4.78, 5) is 0. The van der Waals surface area contributed by atoms with Crippen molar-refractivity contribution < 1.29 is 8.42 Å². The highest BCUT2D eigenvalue weighted by Gasteiger charge is 2.28. The van der Waals surface area contributed by atoms with Gasteiger partial charge in [-0.05, 0) is 51.0 Å². The van der Waals surface area contributed by atoms with Gasteiger partial charge in [-0.2, -0.15) is 0 Å². The van der Waals surface area contributed by atoms with Crippen molar-refractivity contribution in [2.24, 2.45) is 5.92 Å². The Balaban J connectivity index is 1.77. The van der Waals surface area contributed by atoms with E-state index in [0.29, 0.717) is 6.04 Å². The topological polar surface area (TPSA) is 46.2 Å². The van der Waals surface area contributed by atoms with Crippen molar-refractivity contribution in [3.8, 4) is 0 Å². The van der Waals surface area contributed by atoms with E-state index in [0.717, 1.165) is 38.1 Å². The number of nitrogens with one attached hydrogen (secondary N) is 1. The van der Waals surface area contributed by atoms with Crippen molar-refractivity contribution in [3.63, 3.8) is 0 Å². The molecule has 3 atom stereocenters. The zero-order valence-electron chi connectivity index (χ0n) is 11.3. The monoisotopic (exact) mass is 271 g/mol. The van der Waals surface area contributed by atoms with Crippen LogP contribution in [0.25, 0.3) is 0 Å². The number of allylic oxidation sites excluding steroid dienone is 2. The molecule has 0 heterocycles. The van der Waals surface area contributed by atoms with E-state index < -0.39 is 9.84 Å². The van der Waals surface area contributed by atoms with Crippen molar-refractivity contribution in [1.29, 1.82) is 0 Å². The van der Waals surface area contributed by atoms with E-state index in [1.807, 2.05) is 0 Å². The molecule has 0 aromatic rings. The van der Waals surface area contributed by atoms with Crippen LogP contribution >= 0.6 is 0 Å². The van der Waals surface area contributed by atoms with Crippen LogP contribution in [-0.4, -0.2) is 32.5 Å². The Morgan fingerprint density at radius 1 is 1.22 bits per heavy atom. The smallest absolute Gasteiger partial charge is 0.150 e. The van der Waals surface area contributed by atoms with Gasteiger partial charge in [-0.25, -0.2) is 8.42 Å². The van der Waals surface area contributed by atoms with Crippen LogP contribution in [0, 0.1) is 5.92 Å². The Labute approximate surface area is 111 Å². The van der Waals surface area contributed by atoms with Crippen LogP contribution in [0.3, 0.4) is 0 Å². The van der Waals surface area contributed by atoms with Gasteiger partial charge in [0.2, 0.25) is 0 Å². The molecule has 0 bridgehead atoms. The van der Waals surface area contributed by atoms with E-state index in [4.69, 9.17) is 0 Å². The average Bonchev–Trinajstić information content (AvgIpc) is 2.37. The minimum Gasteiger partial charge on any atom is -0.314 e. The highest BCUT2D eigenvalue weighted by atomic mass is 32.2. The van der Waals surface area contributed by atoms with Gasteiger partial charge in [-0.1, -0.05) is 18.6 Å². The molecule has 1 fully saturated rings. The predicted octanol–water partition coefficient (Wildman–Crippen LogP) is 2.29. The maximum atomic E-state index is 11.6. The molecule has 0 aliphatic heterocycles. The number of hydrogen-bond acceptors (Lipinski definition) is 3. The average molecular weight is 271 g/mol. The lowest BCUT2D eigenvalue weighted by molar-refractivity contribution is 0.337. The number of sulfone groups is 1. The predicted molar refractivity (Wildman–Crippen MR) is 75.4 cm³/mol. The van der Waals surface area contributed by atoms with E-state index in [1.54, 1.807) is 0 Å². The van der Waals surface area contributed by atoms with Crippen molar-refractivity contribution >= 4 is 9.84 Å². The van der Waals surface area contributed by atoms with Gasteiger partial charge < -0.3 is 5.32 Å². The van der Waals surface area contributed by atoms with Gasteiger partial charge in [0.05, 0.1) is 5.25 Å². The standard InChI is InChI=1S/C14H25NO2S/c1-18(16,17)14-9-5-8-13(10-14)15-11-12-6-3-2-4-7-12/h2-3,12-15H,4-11H2,1H3. The van der Waals surface area contributed by atoms with Gasteiger partial charge in [0.1, 0.15) is 9.84 Å². The van der Waals surface area contributed by atoms with Gasteiger partial charge in [-0.15, -0.1) is 0 Å². The van der Waals surface area contributed by atoms with Gasteiger partial charge in [0.15, 0.2) is 0 Å². The SMILES string of the molecule is CS(=O)(=O)C1CCCC(NCC2CC=CCC2)C1. The molecule has 0 amide bonds. The largest absolute Gasteiger partial charge is 0.314 e. The van der Waals surface area contributed by atoms with Crippen LogP contribution in [0.1, 0.15) is 44.9 Å². The van der Waals surface area contributed by atoms with Crippen LogP contribution in [0.15, 0.2) is 12.2 Å². The molecule has 4 heteroatoms. The summed E-state index contributed by atoms with van der Waals surface area (Å²) < 4.78 is 23.2. The Kier molecular flexibility index (Phi) is 4.84. The minimum absolute atomic E-state index is 0.116. The maximum Gasteiger partial charge on any atom is 0.150 e. The molecule has 2 rings (SSSR count). The van der Waals surface area contributed by atoms with Gasteiger partial charge in [0, 0.05) is 12.3 Å². The third kappa shape index (κ3) is 4.09. The van der Waals surface area contributed by atoms with Crippen LogP contribution in [-0.2, 0) is 9.84 Å². The molecule has 0 saturated heterocycles. The van der Waals surface area contributed by atoms with Crippen molar-refractivity contribution in [3.05, 3.63) is 12.2 Å². The molecule has 0 aromatic carbocycles. The van der Waals surface area contributed by atoms with Crippen molar-refractivity contribution in [2.75, 3.05) is 12.8 Å². The summed E-state index contributed by atoms with van der Waals surface area (Å²) in [6.45, 7) is 1.05. The molecule has 0 spiro atoms. The Bertz CT molecular complexity index is 389. The third-order valence-electron chi connectivity index (χ3n) is 4.30. The molecule has 104 valence electrons. The van der Waals surface area contributed by atoms with Crippen LogP contribution in [0.4, 0.5) is 0 Å². The Morgan fingerprint density at radius 3 is 2.72 bits per heavy atom. The highest BCUT2D eigenvalue weighted by Crippen LogP contribution is 2.24. The van der Waals surface area contributed by atoms with Gasteiger partial charge in [0.25, 0.3) is 0 Å².